The summed E-state index contributed by atoms with van der Waals surface area (Å²) in [5.74, 6) is -0.586. The van der Waals surface area contributed by atoms with Gasteiger partial charge < -0.3 is 10.2 Å². The van der Waals surface area contributed by atoms with Crippen molar-refractivity contribution in [3.63, 3.8) is 0 Å². The van der Waals surface area contributed by atoms with Crippen LogP contribution in [0.25, 0.3) is 0 Å². The number of aryl methyl sites for hydroxylation is 1. The van der Waals surface area contributed by atoms with Gasteiger partial charge in [-0.3, -0.25) is 13.9 Å². The molecule has 2 amide bonds. The monoisotopic (exact) mass is 601 g/mol. The van der Waals surface area contributed by atoms with Gasteiger partial charge in [-0.1, -0.05) is 55.3 Å². The van der Waals surface area contributed by atoms with E-state index < -0.39 is 28.5 Å². The van der Waals surface area contributed by atoms with Crippen LogP contribution in [0.2, 0.25) is 5.02 Å². The first-order valence-electron chi connectivity index (χ1n) is 13.0. The minimum Gasteiger partial charge on any atom is -0.354 e. The molecule has 0 spiro atoms. The first-order chi connectivity index (χ1) is 18.9. The molecule has 0 saturated heterocycles. The fourth-order valence-electron chi connectivity index (χ4n) is 3.94. The lowest BCUT2D eigenvalue weighted by Gasteiger charge is -2.32. The van der Waals surface area contributed by atoms with Crippen molar-refractivity contribution in [2.45, 2.75) is 50.1 Å². The van der Waals surface area contributed by atoms with Crippen molar-refractivity contribution in [3.8, 4) is 0 Å². The Labute approximate surface area is 247 Å². The van der Waals surface area contributed by atoms with Gasteiger partial charge in [-0.25, -0.2) is 8.42 Å². The number of thioether (sulfide) groups is 1. The van der Waals surface area contributed by atoms with E-state index in [1.807, 2.05) is 27.0 Å². The lowest BCUT2D eigenvalue weighted by atomic mass is 10.1. The molecule has 0 bridgehead atoms. The van der Waals surface area contributed by atoms with E-state index in [1.54, 1.807) is 79.7 Å². The Kier molecular flexibility index (Phi) is 11.1. The first-order valence-corrected chi connectivity index (χ1v) is 16.0. The number of hydrogen-bond acceptors (Lipinski definition) is 5. The predicted octanol–water partition coefficient (Wildman–Crippen LogP) is 5.76. The van der Waals surface area contributed by atoms with Crippen LogP contribution in [-0.4, -0.2) is 50.5 Å². The Bertz CT molecular complexity index is 1390. The molecule has 3 aromatic carbocycles. The Morgan fingerprint density at radius 2 is 1.52 bits per heavy atom. The van der Waals surface area contributed by atoms with Crippen LogP contribution >= 0.6 is 23.4 Å². The number of carbonyl (C=O) groups excluding carboxylic acids is 2. The zero-order valence-corrected chi connectivity index (χ0v) is 25.8. The molecule has 7 nitrogen and oxygen atoms in total. The summed E-state index contributed by atoms with van der Waals surface area (Å²) in [7, 11) is -4.11. The average Bonchev–Trinajstić information content (AvgIpc) is 2.94. The Morgan fingerprint density at radius 3 is 2.08 bits per heavy atom. The van der Waals surface area contributed by atoms with E-state index in [-0.39, 0.29) is 23.3 Å². The number of halogens is 1. The van der Waals surface area contributed by atoms with Gasteiger partial charge in [-0.2, -0.15) is 0 Å². The maximum atomic E-state index is 13.9. The zero-order valence-electron chi connectivity index (χ0n) is 23.4. The van der Waals surface area contributed by atoms with E-state index >= 15 is 0 Å². The summed E-state index contributed by atoms with van der Waals surface area (Å²) in [6.07, 6.45) is 1.91. The second-order valence-corrected chi connectivity index (χ2v) is 13.2. The summed E-state index contributed by atoms with van der Waals surface area (Å²) in [4.78, 5) is 29.4. The van der Waals surface area contributed by atoms with Gasteiger partial charge in [0.25, 0.3) is 10.0 Å². The smallest absolute Gasteiger partial charge is 0.264 e. The van der Waals surface area contributed by atoms with Crippen LogP contribution in [-0.2, 0) is 26.2 Å². The Balaban J connectivity index is 2.00. The molecule has 10 heteroatoms. The largest absolute Gasteiger partial charge is 0.354 e. The normalized spacial score (nSPS) is 12.2. The number of carbonyl (C=O) groups is 2. The topological polar surface area (TPSA) is 86.8 Å². The molecule has 3 aromatic rings. The minimum absolute atomic E-state index is 0.0747. The van der Waals surface area contributed by atoms with Crippen molar-refractivity contribution in [1.29, 1.82) is 0 Å². The van der Waals surface area contributed by atoms with Gasteiger partial charge in [0.15, 0.2) is 0 Å². The highest BCUT2D eigenvalue weighted by atomic mass is 35.5. The third-order valence-electron chi connectivity index (χ3n) is 6.37. The van der Waals surface area contributed by atoms with Crippen LogP contribution < -0.4 is 9.62 Å². The van der Waals surface area contributed by atoms with Gasteiger partial charge in [-0.05, 0) is 80.1 Å². The fourth-order valence-corrected chi connectivity index (χ4v) is 5.88. The molecular formula is C30H36ClN3O4S2. The van der Waals surface area contributed by atoms with Crippen LogP contribution in [0.15, 0.2) is 82.6 Å². The fraction of sp³-hybridized carbons (Fsp3) is 0.333. The number of rotatable bonds is 12. The highest BCUT2D eigenvalue weighted by molar-refractivity contribution is 7.98. The van der Waals surface area contributed by atoms with Gasteiger partial charge in [0.1, 0.15) is 12.6 Å². The third kappa shape index (κ3) is 8.25. The predicted molar refractivity (Wildman–Crippen MR) is 163 cm³/mol. The first kappa shape index (κ1) is 31.5. The Hall–Kier alpha value is -3.01. The highest BCUT2D eigenvalue weighted by Gasteiger charge is 2.32. The Morgan fingerprint density at radius 1 is 0.925 bits per heavy atom. The summed E-state index contributed by atoms with van der Waals surface area (Å²) in [5, 5.41) is 3.43. The molecular weight excluding hydrogens is 566 g/mol. The summed E-state index contributed by atoms with van der Waals surface area (Å²) in [5.41, 5.74) is 2.08. The quantitative estimate of drug-likeness (QED) is 0.267. The molecule has 0 heterocycles. The van der Waals surface area contributed by atoms with E-state index in [0.717, 1.165) is 20.3 Å². The molecule has 0 aliphatic heterocycles. The molecule has 3 rings (SSSR count). The summed E-state index contributed by atoms with van der Waals surface area (Å²) < 4.78 is 28.9. The van der Waals surface area contributed by atoms with Crippen molar-refractivity contribution in [2.75, 3.05) is 23.7 Å². The second kappa shape index (κ2) is 14.1. The van der Waals surface area contributed by atoms with Crippen LogP contribution in [0.4, 0.5) is 5.69 Å². The lowest BCUT2D eigenvalue weighted by Crippen LogP contribution is -2.51. The van der Waals surface area contributed by atoms with Gasteiger partial charge in [0.05, 0.1) is 10.6 Å². The van der Waals surface area contributed by atoms with Crippen LogP contribution in [0, 0.1) is 12.8 Å². The molecule has 0 fully saturated rings. The molecule has 0 saturated carbocycles. The molecule has 0 radical (unpaired) electrons. The van der Waals surface area contributed by atoms with Crippen LogP contribution in [0.5, 0.6) is 0 Å². The third-order valence-corrected chi connectivity index (χ3v) is 9.15. The number of sulfonamides is 1. The summed E-state index contributed by atoms with van der Waals surface area (Å²) in [6, 6.07) is 19.7. The SMILES string of the molecule is CSc1ccc(S(=O)(=O)N(CC(=O)N(Cc2ccc(Cl)cc2)[C@@H](C)C(=O)NCC(C)C)c2ccc(C)cc2)cc1. The van der Waals surface area contributed by atoms with E-state index in [9.17, 15) is 18.0 Å². The maximum absolute atomic E-state index is 13.9. The number of benzene rings is 3. The van der Waals surface area contributed by atoms with Crippen molar-refractivity contribution >= 4 is 50.9 Å². The average molecular weight is 602 g/mol. The molecule has 1 N–H and O–H groups in total. The zero-order chi connectivity index (χ0) is 29.4. The molecule has 0 aromatic heterocycles. The molecule has 0 aliphatic rings. The maximum Gasteiger partial charge on any atom is 0.264 e. The van der Waals surface area contributed by atoms with Gasteiger partial charge in [-0.15, -0.1) is 11.8 Å². The van der Waals surface area contributed by atoms with Gasteiger partial charge >= 0.3 is 0 Å². The second-order valence-electron chi connectivity index (χ2n) is 9.99. The van der Waals surface area contributed by atoms with Crippen molar-refractivity contribution < 1.29 is 18.0 Å². The number of amides is 2. The lowest BCUT2D eigenvalue weighted by molar-refractivity contribution is -0.139. The number of nitrogens with one attached hydrogen (secondary N) is 1. The summed E-state index contributed by atoms with van der Waals surface area (Å²) >= 11 is 7.56. The standard InChI is InChI=1S/C30H36ClN3O4S2/c1-21(2)18-32-30(36)23(4)33(19-24-8-10-25(31)11-9-24)29(35)20-34(26-12-6-22(3)7-13-26)40(37,38)28-16-14-27(39-5)15-17-28/h6-17,21,23H,18-20H2,1-5H3,(H,32,36)/t23-/m0/s1. The molecule has 214 valence electrons. The van der Waals surface area contributed by atoms with Gasteiger partial charge in [0.2, 0.25) is 11.8 Å². The molecule has 40 heavy (non-hydrogen) atoms. The number of anilines is 1. The van der Waals surface area contributed by atoms with E-state index in [1.165, 1.54) is 16.7 Å². The van der Waals surface area contributed by atoms with Crippen LogP contribution in [0.1, 0.15) is 31.9 Å². The number of hydrogen-bond donors (Lipinski definition) is 1. The van der Waals surface area contributed by atoms with E-state index in [2.05, 4.69) is 5.32 Å². The van der Waals surface area contributed by atoms with Crippen LogP contribution in [0.3, 0.4) is 0 Å². The molecule has 0 unspecified atom stereocenters. The molecule has 1 atom stereocenters. The van der Waals surface area contributed by atoms with E-state index in [0.29, 0.717) is 17.3 Å². The van der Waals surface area contributed by atoms with Crippen molar-refractivity contribution in [1.82, 2.24) is 10.2 Å². The van der Waals surface area contributed by atoms with Crippen molar-refractivity contribution in [2.24, 2.45) is 5.92 Å². The highest BCUT2D eigenvalue weighted by Crippen LogP contribution is 2.26. The molecule has 0 aliphatic carbocycles. The van der Waals surface area contributed by atoms with Crippen molar-refractivity contribution in [3.05, 3.63) is 88.9 Å². The van der Waals surface area contributed by atoms with E-state index in [4.69, 9.17) is 11.6 Å². The number of nitrogens with zero attached hydrogens (tertiary/aromatic N) is 2. The summed E-state index contributed by atoms with van der Waals surface area (Å²) in [6.45, 7) is 7.61. The minimum atomic E-state index is -4.11. The van der Waals surface area contributed by atoms with Gasteiger partial charge in [0, 0.05) is 23.0 Å².